The van der Waals surface area contributed by atoms with Gasteiger partial charge in [0.25, 0.3) is 11.8 Å². The number of aromatic nitrogens is 3. The molecule has 4 heterocycles. The minimum Gasteiger partial charge on any atom is -0.402 e. The van der Waals surface area contributed by atoms with Crippen molar-refractivity contribution >= 4 is 34.2 Å². The van der Waals surface area contributed by atoms with Crippen molar-refractivity contribution in [3.8, 4) is 11.3 Å². The predicted octanol–water partition coefficient (Wildman–Crippen LogP) is 1.90. The summed E-state index contributed by atoms with van der Waals surface area (Å²) in [5.41, 5.74) is 9.29. The molecule has 0 aliphatic carbocycles. The minimum absolute atomic E-state index is 0.197. The van der Waals surface area contributed by atoms with E-state index in [4.69, 9.17) is 15.9 Å². The first-order chi connectivity index (χ1) is 17.3. The minimum atomic E-state index is -0.562. The lowest BCUT2D eigenvalue weighted by Crippen LogP contribution is -2.41. The third-order valence-electron chi connectivity index (χ3n) is 6.04. The molecular formula is C25H30N8O3. The second kappa shape index (κ2) is 11.1. The van der Waals surface area contributed by atoms with Crippen LogP contribution in [0.5, 0.6) is 0 Å². The van der Waals surface area contributed by atoms with Crippen LogP contribution in [0.1, 0.15) is 24.3 Å². The molecule has 1 fully saturated rings. The molecule has 3 aromatic rings. The van der Waals surface area contributed by atoms with Crippen molar-refractivity contribution in [1.29, 1.82) is 5.41 Å². The number of anilines is 1. The molecule has 1 saturated heterocycles. The van der Waals surface area contributed by atoms with Gasteiger partial charge in [-0.1, -0.05) is 0 Å². The number of pyridine rings is 2. The lowest BCUT2D eigenvalue weighted by Gasteiger charge is -2.26. The molecule has 0 bridgehead atoms. The number of H-pyrrole nitrogens is 1. The molecule has 11 nitrogen and oxygen atoms in total. The van der Waals surface area contributed by atoms with Gasteiger partial charge in [0.05, 0.1) is 25.1 Å². The molecule has 0 spiro atoms. The van der Waals surface area contributed by atoms with E-state index < -0.39 is 5.91 Å². The van der Waals surface area contributed by atoms with Gasteiger partial charge in [-0.2, -0.15) is 0 Å². The van der Waals surface area contributed by atoms with Gasteiger partial charge in [-0.05, 0) is 43.7 Å². The van der Waals surface area contributed by atoms with Gasteiger partial charge in [-0.15, -0.1) is 0 Å². The number of rotatable bonds is 8. The molecule has 6 N–H and O–H groups in total. The Labute approximate surface area is 208 Å². The van der Waals surface area contributed by atoms with Gasteiger partial charge in [-0.25, -0.2) is 4.98 Å². The number of hydrogen-bond acceptors (Lipinski definition) is 8. The van der Waals surface area contributed by atoms with Crippen LogP contribution in [0.2, 0.25) is 0 Å². The predicted molar refractivity (Wildman–Crippen MR) is 138 cm³/mol. The molecule has 188 valence electrons. The Morgan fingerprint density at radius 2 is 1.97 bits per heavy atom. The van der Waals surface area contributed by atoms with Crippen LogP contribution >= 0.6 is 0 Å². The maximum atomic E-state index is 12.6. The Morgan fingerprint density at radius 3 is 2.72 bits per heavy atom. The first kappa shape index (κ1) is 25.0. The van der Waals surface area contributed by atoms with E-state index in [0.717, 1.165) is 49.5 Å². The van der Waals surface area contributed by atoms with E-state index in [1.807, 2.05) is 12.1 Å². The highest BCUT2D eigenvalue weighted by Gasteiger charge is 2.15. The summed E-state index contributed by atoms with van der Waals surface area (Å²) in [6.45, 7) is 7.76. The van der Waals surface area contributed by atoms with Crippen LogP contribution in [0.4, 0.5) is 5.69 Å². The molecule has 36 heavy (non-hydrogen) atoms. The lowest BCUT2D eigenvalue weighted by atomic mass is 10.1. The van der Waals surface area contributed by atoms with Crippen molar-refractivity contribution in [2.45, 2.75) is 13.8 Å². The van der Waals surface area contributed by atoms with E-state index in [-0.39, 0.29) is 11.6 Å². The summed E-state index contributed by atoms with van der Waals surface area (Å²) >= 11 is 0. The zero-order valence-corrected chi connectivity index (χ0v) is 20.4. The van der Waals surface area contributed by atoms with Crippen LogP contribution in [-0.4, -0.2) is 76.8 Å². The number of allylic oxidation sites excluding steroid dienone is 1. The highest BCUT2D eigenvalue weighted by molar-refractivity contribution is 6.47. The Kier molecular flexibility index (Phi) is 7.71. The molecule has 4 rings (SSSR count). The quantitative estimate of drug-likeness (QED) is 0.301. The second-order valence-corrected chi connectivity index (χ2v) is 8.62. The zero-order chi connectivity index (χ0) is 25.7. The van der Waals surface area contributed by atoms with Gasteiger partial charge in [0.2, 0.25) is 0 Å². The van der Waals surface area contributed by atoms with Gasteiger partial charge < -0.3 is 26.1 Å². The van der Waals surface area contributed by atoms with E-state index >= 15 is 0 Å². The van der Waals surface area contributed by atoms with E-state index in [2.05, 4.69) is 30.5 Å². The zero-order valence-electron chi connectivity index (χ0n) is 20.4. The van der Waals surface area contributed by atoms with Crippen molar-refractivity contribution in [2.24, 2.45) is 5.73 Å². The molecule has 1 aliphatic heterocycles. The topological polar surface area (TPSA) is 162 Å². The van der Waals surface area contributed by atoms with E-state index in [1.54, 1.807) is 32.2 Å². The number of nitrogens with zero attached hydrogens (tertiary/aromatic N) is 3. The third kappa shape index (κ3) is 5.93. The van der Waals surface area contributed by atoms with Crippen LogP contribution in [0, 0.1) is 5.41 Å². The molecule has 1 aliphatic rings. The molecule has 0 radical (unpaired) electrons. The first-order valence-electron chi connectivity index (χ1n) is 11.7. The Balaban J connectivity index is 1.43. The number of hydrogen-bond donors (Lipinski definition) is 5. The summed E-state index contributed by atoms with van der Waals surface area (Å²) in [4.78, 5) is 39.1. The molecule has 2 amide bonds. The highest BCUT2D eigenvalue weighted by atomic mass is 16.5. The van der Waals surface area contributed by atoms with Crippen molar-refractivity contribution in [2.75, 3.05) is 44.7 Å². The Bertz CT molecular complexity index is 1320. The van der Waals surface area contributed by atoms with E-state index in [9.17, 15) is 9.59 Å². The lowest BCUT2D eigenvalue weighted by molar-refractivity contribution is -0.110. The standard InChI is InChI=1S/C25H30N8O3/c1-15(16(2)26)22(27)25(35)31-19-11-18-13-20(32-23(18)30-14-19)17-3-4-28-21(12-17)24(34)29-5-6-33-7-9-36-10-8-33/h3-4,11-14,27H,5-10,26H2,1-2H3,(H,29,34)(H,30,32)(H,31,35)/b16-15-,27-22?. The maximum Gasteiger partial charge on any atom is 0.273 e. The monoisotopic (exact) mass is 490 g/mol. The average Bonchev–Trinajstić information content (AvgIpc) is 3.32. The number of aromatic amines is 1. The van der Waals surface area contributed by atoms with Crippen LogP contribution in [0.15, 0.2) is 47.9 Å². The molecule has 3 aromatic heterocycles. The fraction of sp³-hybridized carbons (Fsp3) is 0.320. The van der Waals surface area contributed by atoms with E-state index in [0.29, 0.717) is 34.8 Å². The van der Waals surface area contributed by atoms with Crippen molar-refractivity contribution < 1.29 is 14.3 Å². The Morgan fingerprint density at radius 1 is 1.19 bits per heavy atom. The summed E-state index contributed by atoms with van der Waals surface area (Å²) < 4.78 is 5.34. The fourth-order valence-corrected chi connectivity index (χ4v) is 3.77. The van der Waals surface area contributed by atoms with E-state index in [1.165, 1.54) is 6.20 Å². The normalized spacial score (nSPS) is 14.8. The maximum absolute atomic E-state index is 12.6. The summed E-state index contributed by atoms with van der Waals surface area (Å²) in [6, 6.07) is 7.18. The van der Waals surface area contributed by atoms with Gasteiger partial charge in [0.1, 0.15) is 17.1 Å². The fourth-order valence-electron chi connectivity index (χ4n) is 3.77. The summed E-state index contributed by atoms with van der Waals surface area (Å²) in [6.07, 6.45) is 3.11. The first-order valence-corrected chi connectivity index (χ1v) is 11.7. The van der Waals surface area contributed by atoms with Gasteiger partial charge in [0.15, 0.2) is 0 Å². The molecule has 0 atom stereocenters. The second-order valence-electron chi connectivity index (χ2n) is 8.62. The number of ether oxygens (including phenoxy) is 1. The smallest absolute Gasteiger partial charge is 0.273 e. The summed E-state index contributed by atoms with van der Waals surface area (Å²) in [5.74, 6) is -0.795. The average molecular weight is 491 g/mol. The molecular weight excluding hydrogens is 460 g/mol. The molecule has 0 unspecified atom stereocenters. The third-order valence-corrected chi connectivity index (χ3v) is 6.04. The van der Waals surface area contributed by atoms with Gasteiger partial charge >= 0.3 is 0 Å². The molecule has 0 aromatic carbocycles. The number of morpholine rings is 1. The summed E-state index contributed by atoms with van der Waals surface area (Å²) in [7, 11) is 0. The largest absolute Gasteiger partial charge is 0.402 e. The van der Waals surface area contributed by atoms with Gasteiger partial charge in [-0.3, -0.25) is 24.9 Å². The number of fused-ring (bicyclic) bond motifs is 1. The van der Waals surface area contributed by atoms with Gasteiger partial charge in [0, 0.05) is 54.7 Å². The molecule has 0 saturated carbocycles. The number of amides is 2. The Hall–Kier alpha value is -4.09. The van der Waals surface area contributed by atoms with Crippen molar-refractivity contribution in [3.05, 3.63) is 53.6 Å². The number of carbonyl (C=O) groups excluding carboxylic acids is 2. The van der Waals surface area contributed by atoms with Crippen molar-refractivity contribution in [3.63, 3.8) is 0 Å². The molecule has 11 heteroatoms. The SMILES string of the molecule is C/C(N)=C(\C)C(=N)C(=O)Nc1cnc2[nH]c(-c3ccnc(C(=O)NCCN4CCOCC4)c3)cc2c1. The number of nitrogens with two attached hydrogens (primary N) is 1. The summed E-state index contributed by atoms with van der Waals surface area (Å²) in [5, 5.41) is 14.4. The number of nitrogens with one attached hydrogen (secondary N) is 4. The highest BCUT2D eigenvalue weighted by Crippen LogP contribution is 2.25. The van der Waals surface area contributed by atoms with Crippen LogP contribution < -0.4 is 16.4 Å². The van der Waals surface area contributed by atoms with Crippen LogP contribution in [0.25, 0.3) is 22.3 Å². The number of carbonyl (C=O) groups is 2. The van der Waals surface area contributed by atoms with Crippen LogP contribution in [0.3, 0.4) is 0 Å². The van der Waals surface area contributed by atoms with Crippen LogP contribution in [-0.2, 0) is 9.53 Å². The van der Waals surface area contributed by atoms with Crippen molar-refractivity contribution in [1.82, 2.24) is 25.2 Å².